The molecule has 0 saturated heterocycles. The van der Waals surface area contributed by atoms with Gasteiger partial charge in [0.1, 0.15) is 5.75 Å². The molecule has 5 nitrogen and oxygen atoms in total. The van der Waals surface area contributed by atoms with Gasteiger partial charge in [-0.1, -0.05) is 32.9 Å². The minimum atomic E-state index is -0.181. The predicted octanol–water partition coefficient (Wildman–Crippen LogP) is 2.78. The summed E-state index contributed by atoms with van der Waals surface area (Å²) < 4.78 is 5.40. The molecular formula is C18H28N2O3. The van der Waals surface area contributed by atoms with Crippen LogP contribution in [0.1, 0.15) is 50.8 Å². The molecule has 23 heavy (non-hydrogen) atoms. The number of carbonyl (C=O) groups excluding carboxylic acids is 1. The van der Waals surface area contributed by atoms with Crippen LogP contribution in [-0.2, 0) is 6.42 Å². The molecule has 0 spiro atoms. The Bertz CT molecular complexity index is 552. The van der Waals surface area contributed by atoms with Crippen LogP contribution in [0.2, 0.25) is 0 Å². The van der Waals surface area contributed by atoms with E-state index in [1.807, 2.05) is 18.2 Å². The number of nitrogens with one attached hydrogen (secondary N) is 2. The average Bonchev–Trinajstić information content (AvgIpc) is 2.89. The van der Waals surface area contributed by atoms with Gasteiger partial charge in [0.15, 0.2) is 0 Å². The van der Waals surface area contributed by atoms with Crippen LogP contribution < -0.4 is 15.4 Å². The number of amides is 2. The van der Waals surface area contributed by atoms with Crippen LogP contribution in [0.5, 0.6) is 5.75 Å². The van der Waals surface area contributed by atoms with E-state index in [-0.39, 0.29) is 30.1 Å². The molecule has 3 N–H and O–H groups in total. The summed E-state index contributed by atoms with van der Waals surface area (Å²) in [5.41, 5.74) is 2.22. The zero-order valence-electron chi connectivity index (χ0n) is 14.5. The SMILES string of the molecule is COc1cccc2c1CCC2NC(=O)NC(CCO)C(C)(C)C. The Labute approximate surface area is 138 Å². The monoisotopic (exact) mass is 320 g/mol. The van der Waals surface area contributed by atoms with Gasteiger partial charge in [-0.2, -0.15) is 0 Å². The largest absolute Gasteiger partial charge is 0.496 e. The van der Waals surface area contributed by atoms with Crippen molar-refractivity contribution in [1.82, 2.24) is 10.6 Å². The summed E-state index contributed by atoms with van der Waals surface area (Å²) in [6.45, 7) is 6.24. The van der Waals surface area contributed by atoms with Crippen molar-refractivity contribution >= 4 is 6.03 Å². The number of methoxy groups -OCH3 is 1. The van der Waals surface area contributed by atoms with Gasteiger partial charge >= 0.3 is 6.03 Å². The summed E-state index contributed by atoms with van der Waals surface area (Å²) >= 11 is 0. The molecule has 1 aliphatic carbocycles. The van der Waals surface area contributed by atoms with Crippen LogP contribution >= 0.6 is 0 Å². The van der Waals surface area contributed by atoms with E-state index < -0.39 is 0 Å². The molecule has 0 bridgehead atoms. The zero-order valence-corrected chi connectivity index (χ0v) is 14.5. The van der Waals surface area contributed by atoms with E-state index in [9.17, 15) is 9.90 Å². The number of rotatable bonds is 5. The van der Waals surface area contributed by atoms with Gasteiger partial charge in [0.2, 0.25) is 0 Å². The molecule has 2 unspecified atom stereocenters. The van der Waals surface area contributed by atoms with E-state index in [0.717, 1.165) is 24.2 Å². The van der Waals surface area contributed by atoms with Gasteiger partial charge in [0.05, 0.1) is 13.2 Å². The molecule has 0 heterocycles. The number of carbonyl (C=O) groups is 1. The summed E-state index contributed by atoms with van der Waals surface area (Å²) in [6, 6.07) is 5.72. The third-order valence-corrected chi connectivity index (χ3v) is 4.52. The van der Waals surface area contributed by atoms with E-state index in [1.165, 1.54) is 5.56 Å². The van der Waals surface area contributed by atoms with Gasteiger partial charge in [-0.15, -0.1) is 0 Å². The topological polar surface area (TPSA) is 70.6 Å². The molecule has 0 radical (unpaired) electrons. The van der Waals surface area contributed by atoms with Crippen LogP contribution in [0.25, 0.3) is 0 Å². The summed E-state index contributed by atoms with van der Waals surface area (Å²) in [7, 11) is 1.67. The maximum Gasteiger partial charge on any atom is 0.315 e. The average molecular weight is 320 g/mol. The van der Waals surface area contributed by atoms with E-state index >= 15 is 0 Å². The summed E-state index contributed by atoms with van der Waals surface area (Å²) in [4.78, 5) is 12.4. The maximum atomic E-state index is 12.4. The number of hydrogen-bond acceptors (Lipinski definition) is 3. The van der Waals surface area contributed by atoms with Crippen LogP contribution in [0.15, 0.2) is 18.2 Å². The van der Waals surface area contributed by atoms with Gasteiger partial charge in [-0.25, -0.2) is 4.79 Å². The van der Waals surface area contributed by atoms with E-state index in [0.29, 0.717) is 6.42 Å². The Morgan fingerprint density at radius 3 is 2.78 bits per heavy atom. The third kappa shape index (κ3) is 4.16. The predicted molar refractivity (Wildman–Crippen MR) is 90.7 cm³/mol. The highest BCUT2D eigenvalue weighted by atomic mass is 16.5. The minimum Gasteiger partial charge on any atom is -0.496 e. The maximum absolute atomic E-state index is 12.4. The standard InChI is InChI=1S/C18H28N2O3/c1-18(2,3)16(10-11-21)20-17(22)19-14-9-8-13-12(14)6-5-7-15(13)23-4/h5-7,14,16,21H,8-11H2,1-4H3,(H2,19,20,22). The third-order valence-electron chi connectivity index (χ3n) is 4.52. The molecule has 128 valence electrons. The Morgan fingerprint density at radius 1 is 1.43 bits per heavy atom. The zero-order chi connectivity index (χ0) is 17.0. The molecule has 2 amide bonds. The first-order valence-electron chi connectivity index (χ1n) is 8.20. The quantitative estimate of drug-likeness (QED) is 0.781. The molecule has 2 atom stereocenters. The van der Waals surface area contributed by atoms with Crippen molar-refractivity contribution in [2.75, 3.05) is 13.7 Å². The Hall–Kier alpha value is -1.75. The number of aliphatic hydroxyl groups is 1. The summed E-state index contributed by atoms with van der Waals surface area (Å²) in [5, 5.41) is 15.3. The number of fused-ring (bicyclic) bond motifs is 1. The Kier molecular flexibility index (Phi) is 5.52. The van der Waals surface area contributed by atoms with Crippen LogP contribution in [0, 0.1) is 5.41 Å². The van der Waals surface area contributed by atoms with Crippen LogP contribution in [0.4, 0.5) is 4.79 Å². The van der Waals surface area contributed by atoms with Crippen LogP contribution in [-0.4, -0.2) is 30.9 Å². The van der Waals surface area contributed by atoms with E-state index in [2.05, 4.69) is 31.4 Å². The lowest BCUT2D eigenvalue weighted by atomic mass is 9.85. The molecule has 0 saturated carbocycles. The second kappa shape index (κ2) is 7.21. The Morgan fingerprint density at radius 2 is 2.17 bits per heavy atom. The fraction of sp³-hybridized carbons (Fsp3) is 0.611. The molecule has 1 aromatic rings. The first kappa shape index (κ1) is 17.6. The number of aliphatic hydroxyl groups excluding tert-OH is 1. The van der Waals surface area contributed by atoms with Gasteiger partial charge in [-0.3, -0.25) is 0 Å². The van der Waals surface area contributed by atoms with Crippen molar-refractivity contribution in [1.29, 1.82) is 0 Å². The number of urea groups is 1. The molecule has 0 fully saturated rings. The highest BCUT2D eigenvalue weighted by molar-refractivity contribution is 5.75. The lowest BCUT2D eigenvalue weighted by Crippen LogP contribution is -2.49. The van der Waals surface area contributed by atoms with Gasteiger partial charge in [0, 0.05) is 12.6 Å². The van der Waals surface area contributed by atoms with Crippen molar-refractivity contribution in [3.63, 3.8) is 0 Å². The van der Waals surface area contributed by atoms with E-state index in [4.69, 9.17) is 4.74 Å². The lowest BCUT2D eigenvalue weighted by Gasteiger charge is -2.31. The molecule has 5 heteroatoms. The molecule has 1 aromatic carbocycles. The number of benzene rings is 1. The number of ether oxygens (including phenoxy) is 1. The summed E-state index contributed by atoms with van der Waals surface area (Å²) in [5.74, 6) is 0.889. The van der Waals surface area contributed by atoms with Crippen molar-refractivity contribution in [2.24, 2.45) is 5.41 Å². The first-order chi connectivity index (χ1) is 10.9. The minimum absolute atomic E-state index is 0.00912. The van der Waals surface area contributed by atoms with Crippen molar-refractivity contribution in [2.45, 2.75) is 52.1 Å². The molecular weight excluding hydrogens is 292 g/mol. The summed E-state index contributed by atoms with van der Waals surface area (Å²) in [6.07, 6.45) is 2.33. The number of hydrogen-bond donors (Lipinski definition) is 3. The van der Waals surface area contributed by atoms with Gasteiger partial charge < -0.3 is 20.5 Å². The van der Waals surface area contributed by atoms with Crippen molar-refractivity contribution < 1.29 is 14.6 Å². The fourth-order valence-corrected chi connectivity index (χ4v) is 3.17. The molecule has 1 aliphatic rings. The van der Waals surface area contributed by atoms with E-state index in [1.54, 1.807) is 7.11 Å². The smallest absolute Gasteiger partial charge is 0.315 e. The fourth-order valence-electron chi connectivity index (χ4n) is 3.17. The normalized spacial score (nSPS) is 18.2. The van der Waals surface area contributed by atoms with Crippen molar-refractivity contribution in [3.8, 4) is 5.75 Å². The highest BCUT2D eigenvalue weighted by Gasteiger charge is 2.29. The van der Waals surface area contributed by atoms with Gasteiger partial charge in [0.25, 0.3) is 0 Å². The molecule has 0 aliphatic heterocycles. The first-order valence-corrected chi connectivity index (χ1v) is 8.20. The van der Waals surface area contributed by atoms with Crippen LogP contribution in [0.3, 0.4) is 0 Å². The highest BCUT2D eigenvalue weighted by Crippen LogP contribution is 2.36. The van der Waals surface area contributed by atoms with Crippen molar-refractivity contribution in [3.05, 3.63) is 29.3 Å². The second-order valence-corrected chi connectivity index (χ2v) is 7.17. The second-order valence-electron chi connectivity index (χ2n) is 7.17. The van der Waals surface area contributed by atoms with Gasteiger partial charge in [-0.05, 0) is 41.9 Å². The molecule has 2 rings (SSSR count). The lowest BCUT2D eigenvalue weighted by molar-refractivity contribution is 0.187. The Balaban J connectivity index is 2.03. The molecule has 0 aromatic heterocycles.